The van der Waals surface area contributed by atoms with Gasteiger partial charge in [-0.25, -0.2) is 0 Å². The van der Waals surface area contributed by atoms with Crippen LogP contribution >= 0.6 is 12.0 Å². The van der Waals surface area contributed by atoms with Crippen LogP contribution in [0.15, 0.2) is 60.0 Å². The number of methoxy groups -OCH3 is 2. The van der Waals surface area contributed by atoms with Gasteiger partial charge in [-0.3, -0.25) is 4.79 Å². The molecule has 27 heavy (non-hydrogen) atoms. The molecule has 0 spiro atoms. The number of nitrogens with two attached hydrogens (primary N) is 1. The maximum Gasteiger partial charge on any atom is 0.234 e. The molecule has 2 N–H and O–H groups in total. The third-order valence-corrected chi connectivity index (χ3v) is 4.83. The van der Waals surface area contributed by atoms with E-state index in [0.29, 0.717) is 22.8 Å². The summed E-state index contributed by atoms with van der Waals surface area (Å²) in [5, 5.41) is 0. The van der Waals surface area contributed by atoms with Gasteiger partial charge < -0.3 is 24.1 Å². The summed E-state index contributed by atoms with van der Waals surface area (Å²) in [7, 11) is 3.06. The van der Waals surface area contributed by atoms with E-state index in [2.05, 4.69) is 0 Å². The van der Waals surface area contributed by atoms with E-state index in [1.807, 2.05) is 30.3 Å². The Kier molecular flexibility index (Phi) is 6.26. The Bertz CT molecular complexity index is 815. The summed E-state index contributed by atoms with van der Waals surface area (Å²) in [6, 6.07) is 15.1. The van der Waals surface area contributed by atoms with E-state index in [9.17, 15) is 4.79 Å². The maximum absolute atomic E-state index is 13.0. The van der Waals surface area contributed by atoms with Gasteiger partial charge >= 0.3 is 0 Å². The second kappa shape index (κ2) is 8.83. The van der Waals surface area contributed by atoms with Gasteiger partial charge in [0.25, 0.3) is 0 Å². The molecule has 0 aromatic heterocycles. The van der Waals surface area contributed by atoms with Crippen molar-refractivity contribution in [2.24, 2.45) is 5.73 Å². The highest BCUT2D eigenvalue weighted by atomic mass is 32.2. The third-order valence-electron chi connectivity index (χ3n) is 4.10. The minimum atomic E-state index is -0.907. The molecule has 0 saturated carbocycles. The lowest BCUT2D eigenvalue weighted by atomic mass is 9.99. The van der Waals surface area contributed by atoms with E-state index in [1.54, 1.807) is 18.2 Å². The first-order valence-corrected chi connectivity index (χ1v) is 9.25. The number of carbonyl (C=O) groups excluding carboxylic acids is 1. The quantitative estimate of drug-likeness (QED) is 0.730. The second-order valence-corrected chi connectivity index (χ2v) is 6.51. The van der Waals surface area contributed by atoms with Gasteiger partial charge in [-0.2, -0.15) is 0 Å². The molecule has 2 aromatic carbocycles. The molecule has 0 fully saturated rings. The fourth-order valence-electron chi connectivity index (χ4n) is 2.77. The Morgan fingerprint density at radius 3 is 2.37 bits per heavy atom. The number of rotatable bonds is 7. The highest BCUT2D eigenvalue weighted by Gasteiger charge is 2.36. The molecule has 3 rings (SSSR count). The maximum atomic E-state index is 13.0. The standard InChI is InChI=1S/C20H21NO5S/c1-23-15-9-6-10-16(24-2)17(15)20-18(22)19(14(21)11-25-20)26-27-12-13-7-4-3-5-8-13/h3-10,20H,11-12,21H2,1-2H3. The van der Waals surface area contributed by atoms with Gasteiger partial charge in [-0.15, -0.1) is 0 Å². The van der Waals surface area contributed by atoms with Gasteiger partial charge in [0, 0.05) is 0 Å². The SMILES string of the molecule is COc1cccc(OC)c1C1OCC(N)=C(OSCc2ccccc2)C1=O. The molecular weight excluding hydrogens is 366 g/mol. The summed E-state index contributed by atoms with van der Waals surface area (Å²) in [4.78, 5) is 13.0. The van der Waals surface area contributed by atoms with Crippen LogP contribution in [0.4, 0.5) is 0 Å². The average molecular weight is 387 g/mol. The Morgan fingerprint density at radius 1 is 1.07 bits per heavy atom. The van der Waals surface area contributed by atoms with Gasteiger partial charge in [0.2, 0.25) is 11.5 Å². The number of ether oxygens (including phenoxy) is 3. The predicted octanol–water partition coefficient (Wildman–Crippen LogP) is 3.38. The molecule has 0 amide bonds. The van der Waals surface area contributed by atoms with Gasteiger partial charge in [0.05, 0.1) is 49.9 Å². The Balaban J connectivity index is 1.79. The molecule has 1 unspecified atom stereocenters. The number of ketones is 1. The van der Waals surface area contributed by atoms with Crippen LogP contribution in [-0.4, -0.2) is 26.6 Å². The lowest BCUT2D eigenvalue weighted by molar-refractivity contribution is -0.131. The van der Waals surface area contributed by atoms with Crippen molar-refractivity contribution >= 4 is 17.8 Å². The van der Waals surface area contributed by atoms with Crippen molar-refractivity contribution in [1.82, 2.24) is 0 Å². The fourth-order valence-corrected chi connectivity index (χ4v) is 3.46. The average Bonchev–Trinajstić information content (AvgIpc) is 2.71. The van der Waals surface area contributed by atoms with Crippen molar-refractivity contribution in [3.8, 4) is 11.5 Å². The van der Waals surface area contributed by atoms with Crippen LogP contribution in [-0.2, 0) is 19.5 Å². The highest BCUT2D eigenvalue weighted by Crippen LogP contribution is 2.40. The molecule has 0 radical (unpaired) electrons. The normalized spacial score (nSPS) is 17.0. The lowest BCUT2D eigenvalue weighted by Gasteiger charge is -2.26. The Morgan fingerprint density at radius 2 is 1.74 bits per heavy atom. The summed E-state index contributed by atoms with van der Waals surface area (Å²) < 4.78 is 22.1. The summed E-state index contributed by atoms with van der Waals surface area (Å²) in [5.74, 6) is 1.35. The van der Waals surface area contributed by atoms with Crippen LogP contribution in [0.1, 0.15) is 17.2 Å². The first-order valence-electron chi connectivity index (χ1n) is 8.34. The van der Waals surface area contributed by atoms with Crippen LogP contribution in [0.5, 0.6) is 11.5 Å². The zero-order chi connectivity index (χ0) is 19.2. The zero-order valence-electron chi connectivity index (χ0n) is 15.1. The summed E-state index contributed by atoms with van der Waals surface area (Å²) in [5.41, 5.74) is 7.84. The molecule has 2 aromatic rings. The third kappa shape index (κ3) is 4.20. The van der Waals surface area contributed by atoms with E-state index < -0.39 is 6.10 Å². The van der Waals surface area contributed by atoms with Crippen molar-refractivity contribution < 1.29 is 23.2 Å². The minimum Gasteiger partial charge on any atom is -0.496 e. The largest absolute Gasteiger partial charge is 0.496 e. The fraction of sp³-hybridized carbons (Fsp3) is 0.250. The molecule has 0 aliphatic carbocycles. The molecular formula is C20H21NO5S. The topological polar surface area (TPSA) is 80.0 Å². The van der Waals surface area contributed by atoms with E-state index in [-0.39, 0.29) is 23.8 Å². The van der Waals surface area contributed by atoms with E-state index in [0.717, 1.165) is 17.6 Å². The molecule has 1 heterocycles. The first-order chi connectivity index (χ1) is 13.2. The van der Waals surface area contributed by atoms with E-state index >= 15 is 0 Å². The molecule has 142 valence electrons. The van der Waals surface area contributed by atoms with E-state index in [1.165, 1.54) is 14.2 Å². The zero-order valence-corrected chi connectivity index (χ0v) is 16.0. The predicted molar refractivity (Wildman–Crippen MR) is 103 cm³/mol. The molecule has 0 saturated heterocycles. The van der Waals surface area contributed by atoms with Crippen molar-refractivity contribution in [3.63, 3.8) is 0 Å². The molecule has 1 aliphatic heterocycles. The van der Waals surface area contributed by atoms with Gasteiger partial charge in [0.1, 0.15) is 11.5 Å². The summed E-state index contributed by atoms with van der Waals surface area (Å²) in [6.45, 7) is 0.0822. The highest BCUT2D eigenvalue weighted by molar-refractivity contribution is 7.94. The Hall–Kier alpha value is -2.64. The van der Waals surface area contributed by atoms with Crippen LogP contribution < -0.4 is 15.2 Å². The molecule has 1 aliphatic rings. The molecule has 0 bridgehead atoms. The number of Topliss-reactive ketones (excluding diaryl/α,β-unsaturated/α-hetero) is 1. The molecule has 7 heteroatoms. The van der Waals surface area contributed by atoms with Gasteiger partial charge in [-0.1, -0.05) is 36.4 Å². The monoisotopic (exact) mass is 387 g/mol. The number of hydrogen-bond donors (Lipinski definition) is 1. The van der Waals surface area contributed by atoms with Crippen molar-refractivity contribution in [2.75, 3.05) is 20.8 Å². The Labute approximate surface area is 162 Å². The van der Waals surface area contributed by atoms with Crippen LogP contribution in [0, 0.1) is 0 Å². The van der Waals surface area contributed by atoms with Gasteiger partial charge in [-0.05, 0) is 17.7 Å². The van der Waals surface area contributed by atoms with E-state index in [4.69, 9.17) is 24.1 Å². The lowest BCUT2D eigenvalue weighted by Crippen LogP contribution is -2.30. The number of benzene rings is 2. The first kappa shape index (κ1) is 19.1. The molecule has 1 atom stereocenters. The molecule has 6 nitrogen and oxygen atoms in total. The van der Waals surface area contributed by atoms with Crippen LogP contribution in [0.3, 0.4) is 0 Å². The number of carbonyl (C=O) groups is 1. The summed E-state index contributed by atoms with van der Waals surface area (Å²) >= 11 is 1.16. The van der Waals surface area contributed by atoms with Crippen molar-refractivity contribution in [2.45, 2.75) is 11.9 Å². The van der Waals surface area contributed by atoms with Crippen LogP contribution in [0.25, 0.3) is 0 Å². The second-order valence-electron chi connectivity index (χ2n) is 5.82. The van der Waals surface area contributed by atoms with Crippen LogP contribution in [0.2, 0.25) is 0 Å². The van der Waals surface area contributed by atoms with Gasteiger partial charge in [0.15, 0.2) is 6.10 Å². The number of hydrogen-bond acceptors (Lipinski definition) is 7. The minimum absolute atomic E-state index is 0.0822. The van der Waals surface area contributed by atoms with Crippen molar-refractivity contribution in [1.29, 1.82) is 0 Å². The van der Waals surface area contributed by atoms with Crippen molar-refractivity contribution in [3.05, 3.63) is 71.1 Å². The smallest absolute Gasteiger partial charge is 0.234 e. The summed E-state index contributed by atoms with van der Waals surface area (Å²) in [6.07, 6.45) is -0.907.